The maximum atomic E-state index is 13.9. The van der Waals surface area contributed by atoms with Crippen LogP contribution in [0.25, 0.3) is 0 Å². The Morgan fingerprint density at radius 1 is 0.435 bits per heavy atom. The summed E-state index contributed by atoms with van der Waals surface area (Å²) in [7, 11) is 0. The molecule has 16 saturated carbocycles. The van der Waals surface area contributed by atoms with Crippen LogP contribution in [-0.4, -0.2) is 47.3 Å². The molecular formula is C61H90O8. The molecule has 8 nitrogen and oxygen atoms in total. The standard InChI is InChI=1S/C31H46O4.C30H44O4/c1-5-30(3,4)29(33)34-25-15-19-14-24(25)27-22-12-18(26(19)27)13-23(22)28(32)35-31(6-2)20-8-16-7-17(10-20)11-21(31)9-16;1-5-29(2,3)28(32)33-24-14-18-13-23(24)26-21-11-17(25(18)26)12-22(21)27(31)34-30(4)19-7-15-6-16(9-19)10-20(30)8-15/h16-27H,5-15H2,1-4H3;15-26H,5-14H2,1-4H3. The van der Waals surface area contributed by atoms with E-state index in [-0.39, 0.29) is 59.1 Å². The Morgan fingerprint density at radius 3 is 1.19 bits per heavy atom. The van der Waals surface area contributed by atoms with Crippen molar-refractivity contribution in [2.45, 2.75) is 214 Å². The number of hydrogen-bond acceptors (Lipinski definition) is 8. The van der Waals surface area contributed by atoms with Crippen molar-refractivity contribution < 1.29 is 38.1 Å². The van der Waals surface area contributed by atoms with Crippen molar-refractivity contribution in [3.63, 3.8) is 0 Å². The number of hydrogen-bond donors (Lipinski definition) is 0. The summed E-state index contributed by atoms with van der Waals surface area (Å²) in [4.78, 5) is 53.4. The molecule has 69 heavy (non-hydrogen) atoms. The van der Waals surface area contributed by atoms with Crippen molar-refractivity contribution in [2.24, 2.45) is 141 Å². The van der Waals surface area contributed by atoms with Gasteiger partial charge in [-0.1, -0.05) is 20.8 Å². The summed E-state index contributed by atoms with van der Waals surface area (Å²) in [5.74, 6) is 13.7. The van der Waals surface area contributed by atoms with E-state index < -0.39 is 10.8 Å². The number of carbonyl (C=O) groups is 4. The van der Waals surface area contributed by atoms with Crippen LogP contribution in [-0.2, 0) is 38.1 Å². The Balaban J connectivity index is 0.000000136. The molecule has 0 N–H and O–H groups in total. The smallest absolute Gasteiger partial charge is 0.311 e. The fraction of sp³-hybridized carbons (Fsp3) is 0.934. The first-order valence-electron chi connectivity index (χ1n) is 29.8. The lowest BCUT2D eigenvalue weighted by atomic mass is 9.49. The number of ether oxygens (including phenoxy) is 4. The highest BCUT2D eigenvalue weighted by Gasteiger charge is 2.70. The summed E-state index contributed by atoms with van der Waals surface area (Å²) in [6.07, 6.45) is 25.0. The third-order valence-corrected chi connectivity index (χ3v) is 26.0. The zero-order chi connectivity index (χ0) is 47.8. The molecule has 16 aliphatic rings. The predicted molar refractivity (Wildman–Crippen MR) is 261 cm³/mol. The van der Waals surface area contributed by atoms with Crippen LogP contribution < -0.4 is 0 Å². The van der Waals surface area contributed by atoms with E-state index in [4.69, 9.17) is 18.9 Å². The van der Waals surface area contributed by atoms with Crippen molar-refractivity contribution in [1.29, 1.82) is 0 Å². The van der Waals surface area contributed by atoms with Gasteiger partial charge in [-0.15, -0.1) is 0 Å². The molecule has 0 saturated heterocycles. The summed E-state index contributed by atoms with van der Waals surface area (Å²) < 4.78 is 25.7. The van der Waals surface area contributed by atoms with Crippen LogP contribution in [0.3, 0.4) is 0 Å². The van der Waals surface area contributed by atoms with Gasteiger partial charge in [0.05, 0.1) is 22.7 Å². The third-order valence-electron chi connectivity index (χ3n) is 26.0. The zero-order valence-corrected chi connectivity index (χ0v) is 44.0. The molecule has 382 valence electrons. The molecule has 0 aromatic rings. The van der Waals surface area contributed by atoms with E-state index in [1.54, 1.807) is 0 Å². The summed E-state index contributed by atoms with van der Waals surface area (Å²) in [5, 5.41) is 0. The largest absolute Gasteiger partial charge is 0.462 e. The van der Waals surface area contributed by atoms with Gasteiger partial charge in [0, 0.05) is 0 Å². The van der Waals surface area contributed by atoms with E-state index in [0.29, 0.717) is 82.9 Å². The quantitative estimate of drug-likeness (QED) is 0.115. The van der Waals surface area contributed by atoms with Crippen LogP contribution in [0.5, 0.6) is 0 Å². The second kappa shape index (κ2) is 16.2. The van der Waals surface area contributed by atoms with Gasteiger partial charge in [-0.25, -0.2) is 0 Å². The van der Waals surface area contributed by atoms with E-state index >= 15 is 0 Å². The summed E-state index contributed by atoms with van der Waals surface area (Å²) in [6.45, 7) is 16.7. The minimum Gasteiger partial charge on any atom is -0.462 e. The first-order chi connectivity index (χ1) is 32.9. The van der Waals surface area contributed by atoms with E-state index in [9.17, 15) is 19.2 Å². The predicted octanol–water partition coefficient (Wildman–Crippen LogP) is 12.4. The molecule has 0 aromatic carbocycles. The van der Waals surface area contributed by atoms with Gasteiger partial charge in [0.25, 0.3) is 0 Å². The molecule has 16 bridgehead atoms. The van der Waals surface area contributed by atoms with Crippen molar-refractivity contribution in [2.75, 3.05) is 0 Å². The summed E-state index contributed by atoms with van der Waals surface area (Å²) in [5.41, 5.74) is -1.21. The van der Waals surface area contributed by atoms with Crippen molar-refractivity contribution >= 4 is 23.9 Å². The average molecular weight is 951 g/mol. The van der Waals surface area contributed by atoms with E-state index in [0.717, 1.165) is 80.5 Å². The molecule has 0 aliphatic heterocycles. The van der Waals surface area contributed by atoms with Crippen LogP contribution in [0.4, 0.5) is 0 Å². The Hall–Kier alpha value is -2.12. The van der Waals surface area contributed by atoms with Crippen LogP contribution in [0, 0.1) is 141 Å². The van der Waals surface area contributed by atoms with Crippen molar-refractivity contribution in [3.8, 4) is 0 Å². The van der Waals surface area contributed by atoms with E-state index in [1.807, 2.05) is 27.7 Å². The molecule has 0 spiro atoms. The van der Waals surface area contributed by atoms with Crippen LogP contribution in [0.2, 0.25) is 0 Å². The highest BCUT2D eigenvalue weighted by Crippen LogP contribution is 2.72. The van der Waals surface area contributed by atoms with Gasteiger partial charge in [-0.2, -0.15) is 0 Å². The van der Waals surface area contributed by atoms with Crippen molar-refractivity contribution in [1.82, 2.24) is 0 Å². The summed E-state index contributed by atoms with van der Waals surface area (Å²) in [6, 6.07) is 0. The molecule has 0 aromatic heterocycles. The topological polar surface area (TPSA) is 105 Å². The van der Waals surface area contributed by atoms with Gasteiger partial charge in [0.1, 0.15) is 23.4 Å². The summed E-state index contributed by atoms with van der Waals surface area (Å²) >= 11 is 0. The Labute approximate surface area is 415 Å². The maximum absolute atomic E-state index is 13.9. The lowest BCUT2D eigenvalue weighted by Gasteiger charge is -2.60. The minimum atomic E-state index is -0.407. The molecule has 0 heterocycles. The Kier molecular flexibility index (Phi) is 10.9. The number of carbonyl (C=O) groups excluding carboxylic acids is 4. The fourth-order valence-electron chi connectivity index (χ4n) is 22.4. The number of rotatable bonds is 11. The lowest BCUT2D eigenvalue weighted by molar-refractivity contribution is -0.217. The van der Waals surface area contributed by atoms with Crippen LogP contribution >= 0.6 is 0 Å². The van der Waals surface area contributed by atoms with E-state index in [1.165, 1.54) is 89.9 Å². The zero-order valence-electron chi connectivity index (χ0n) is 44.0. The van der Waals surface area contributed by atoms with Crippen LogP contribution in [0.15, 0.2) is 0 Å². The number of esters is 4. The first-order valence-corrected chi connectivity index (χ1v) is 29.8. The monoisotopic (exact) mass is 951 g/mol. The highest BCUT2D eigenvalue weighted by molar-refractivity contribution is 5.77. The average Bonchev–Trinajstić information content (AvgIpc) is 4.20. The molecule has 16 unspecified atom stereocenters. The molecule has 0 radical (unpaired) electrons. The molecule has 16 aliphatic carbocycles. The third kappa shape index (κ3) is 6.94. The lowest BCUT2D eigenvalue weighted by Crippen LogP contribution is -2.60. The number of fused-ring (bicyclic) bond motifs is 18. The van der Waals surface area contributed by atoms with Crippen molar-refractivity contribution in [3.05, 3.63) is 0 Å². The van der Waals surface area contributed by atoms with Gasteiger partial charge in [0.2, 0.25) is 0 Å². The van der Waals surface area contributed by atoms with Crippen LogP contribution in [0.1, 0.15) is 190 Å². The second-order valence-corrected chi connectivity index (χ2v) is 29.4. The SMILES string of the molecule is CCC(C)(C)C(=O)OC1CC2CC1C1C3CC(CC3C(=O)OC3(C)C4CC5CC(C4)CC3C5)C21.CCC(C)(C)C(=O)OC1CC2CC1C1C3CC(CC3C(=O)OC3(CC)C4CC5CC(C4)CC3C5)C21. The van der Waals surface area contributed by atoms with Gasteiger partial charge >= 0.3 is 23.9 Å². The second-order valence-electron chi connectivity index (χ2n) is 29.4. The van der Waals surface area contributed by atoms with E-state index in [2.05, 4.69) is 27.7 Å². The van der Waals surface area contributed by atoms with Gasteiger partial charge < -0.3 is 18.9 Å². The Bertz CT molecular complexity index is 2030. The molecule has 8 heteroatoms. The normalized spacial score (nSPS) is 53.3. The molecular weight excluding hydrogens is 861 g/mol. The first kappa shape index (κ1) is 46.7. The van der Waals surface area contributed by atoms with Gasteiger partial charge in [-0.05, 0) is 288 Å². The maximum Gasteiger partial charge on any atom is 0.311 e. The molecule has 0 amide bonds. The molecule has 16 atom stereocenters. The fourth-order valence-corrected chi connectivity index (χ4v) is 22.4. The van der Waals surface area contributed by atoms with Gasteiger partial charge in [0.15, 0.2) is 0 Å². The highest BCUT2D eigenvalue weighted by atomic mass is 16.6. The Morgan fingerprint density at radius 2 is 0.797 bits per heavy atom. The molecule has 16 fully saturated rings. The van der Waals surface area contributed by atoms with Gasteiger partial charge in [-0.3, -0.25) is 19.2 Å². The molecule has 16 rings (SSSR count). The minimum absolute atomic E-state index is 0.0278.